The smallest absolute Gasteiger partial charge is 0.155 e. The lowest BCUT2D eigenvalue weighted by atomic mass is 10.1. The summed E-state index contributed by atoms with van der Waals surface area (Å²) in [5.74, 6) is 1.26. The molecule has 3 nitrogen and oxygen atoms in total. The third kappa shape index (κ3) is 6.97. The predicted octanol–water partition coefficient (Wildman–Crippen LogP) is 4.10. The van der Waals surface area contributed by atoms with Gasteiger partial charge < -0.3 is 9.52 Å². The zero-order valence-corrected chi connectivity index (χ0v) is 11.7. The molecule has 1 aromatic rings. The van der Waals surface area contributed by atoms with Crippen molar-refractivity contribution in [2.45, 2.75) is 58.5 Å². The van der Waals surface area contributed by atoms with Gasteiger partial charge in [-0.25, -0.2) is 0 Å². The van der Waals surface area contributed by atoms with Crippen molar-refractivity contribution in [1.29, 1.82) is 0 Å². The van der Waals surface area contributed by atoms with Crippen LogP contribution in [0.25, 0.3) is 6.08 Å². The quantitative estimate of drug-likeness (QED) is 0.511. The molecule has 0 spiro atoms. The van der Waals surface area contributed by atoms with Gasteiger partial charge in [-0.15, -0.1) is 0 Å². The van der Waals surface area contributed by atoms with Crippen molar-refractivity contribution in [3.8, 4) is 0 Å². The minimum Gasteiger partial charge on any atom is -0.459 e. The summed E-state index contributed by atoms with van der Waals surface area (Å²) < 4.78 is 5.26. The molecular weight excluding hydrogens is 240 g/mol. The highest BCUT2D eigenvalue weighted by atomic mass is 16.4. The maximum Gasteiger partial charge on any atom is 0.155 e. The molecule has 0 saturated heterocycles. The summed E-state index contributed by atoms with van der Waals surface area (Å²) in [5, 5.41) is 8.85. The van der Waals surface area contributed by atoms with Gasteiger partial charge in [-0.05, 0) is 30.7 Å². The van der Waals surface area contributed by atoms with E-state index in [1.807, 2.05) is 0 Å². The lowest BCUT2D eigenvalue weighted by molar-refractivity contribution is -0.114. The average Bonchev–Trinajstić information content (AvgIpc) is 2.88. The van der Waals surface area contributed by atoms with E-state index in [-0.39, 0.29) is 12.4 Å². The van der Waals surface area contributed by atoms with Gasteiger partial charge >= 0.3 is 0 Å². The van der Waals surface area contributed by atoms with Gasteiger partial charge in [0.1, 0.15) is 18.1 Å². The first-order chi connectivity index (χ1) is 9.26. The van der Waals surface area contributed by atoms with Crippen LogP contribution in [0.3, 0.4) is 0 Å². The molecule has 0 atom stereocenters. The third-order valence-corrected chi connectivity index (χ3v) is 3.05. The van der Waals surface area contributed by atoms with Crippen molar-refractivity contribution in [3.05, 3.63) is 29.7 Å². The number of hydrogen-bond donors (Lipinski definition) is 1. The SMILES string of the molecule is CCCCCCCCC(=O)/C=C/c1ccc(CO)o1. The fourth-order valence-electron chi connectivity index (χ4n) is 1.91. The maximum atomic E-state index is 11.6. The topological polar surface area (TPSA) is 50.4 Å². The van der Waals surface area contributed by atoms with Crippen LogP contribution >= 0.6 is 0 Å². The Labute approximate surface area is 115 Å². The molecule has 0 unspecified atom stereocenters. The Hall–Kier alpha value is -1.35. The summed E-state index contributed by atoms with van der Waals surface area (Å²) in [7, 11) is 0. The molecule has 0 amide bonds. The molecule has 0 aliphatic carbocycles. The highest BCUT2D eigenvalue weighted by Gasteiger charge is 2.00. The average molecular weight is 264 g/mol. The lowest BCUT2D eigenvalue weighted by Crippen LogP contribution is -1.92. The van der Waals surface area contributed by atoms with E-state index in [1.54, 1.807) is 24.3 Å². The number of allylic oxidation sites excluding steroid dienone is 1. The molecule has 0 aliphatic rings. The fourth-order valence-corrected chi connectivity index (χ4v) is 1.91. The Morgan fingerprint density at radius 2 is 1.95 bits per heavy atom. The van der Waals surface area contributed by atoms with Gasteiger partial charge in [-0.1, -0.05) is 39.0 Å². The van der Waals surface area contributed by atoms with Crippen LogP contribution in [0.1, 0.15) is 63.4 Å². The molecule has 19 heavy (non-hydrogen) atoms. The van der Waals surface area contributed by atoms with Gasteiger partial charge in [0.2, 0.25) is 0 Å². The monoisotopic (exact) mass is 264 g/mol. The van der Waals surface area contributed by atoms with Crippen LogP contribution in [-0.2, 0) is 11.4 Å². The van der Waals surface area contributed by atoms with Gasteiger partial charge in [0.05, 0.1) is 0 Å². The van der Waals surface area contributed by atoms with Crippen LogP contribution in [0, 0.1) is 0 Å². The summed E-state index contributed by atoms with van der Waals surface area (Å²) in [4.78, 5) is 11.6. The molecular formula is C16H24O3. The number of aliphatic hydroxyl groups excluding tert-OH is 1. The Balaban J connectivity index is 2.16. The molecule has 0 saturated carbocycles. The summed E-state index contributed by atoms with van der Waals surface area (Å²) in [6.45, 7) is 2.09. The van der Waals surface area contributed by atoms with E-state index in [1.165, 1.54) is 25.7 Å². The molecule has 3 heteroatoms. The van der Waals surface area contributed by atoms with E-state index in [2.05, 4.69) is 6.92 Å². The van der Waals surface area contributed by atoms with E-state index in [0.717, 1.165) is 12.8 Å². The molecule has 0 aliphatic heterocycles. The predicted molar refractivity (Wildman–Crippen MR) is 76.7 cm³/mol. The van der Waals surface area contributed by atoms with Crippen molar-refractivity contribution in [2.24, 2.45) is 0 Å². The number of carbonyl (C=O) groups is 1. The van der Waals surface area contributed by atoms with E-state index in [0.29, 0.717) is 17.9 Å². The molecule has 0 radical (unpaired) electrons. The van der Waals surface area contributed by atoms with Crippen molar-refractivity contribution in [2.75, 3.05) is 0 Å². The highest BCUT2D eigenvalue weighted by Crippen LogP contribution is 2.11. The second kappa shape index (κ2) is 9.56. The van der Waals surface area contributed by atoms with Crippen molar-refractivity contribution in [3.63, 3.8) is 0 Å². The van der Waals surface area contributed by atoms with Gasteiger partial charge in [0.15, 0.2) is 5.78 Å². The van der Waals surface area contributed by atoms with Gasteiger partial charge in [-0.2, -0.15) is 0 Å². The molecule has 106 valence electrons. The number of carbonyl (C=O) groups excluding carboxylic acids is 1. The summed E-state index contributed by atoms with van der Waals surface area (Å²) in [5.41, 5.74) is 0. The van der Waals surface area contributed by atoms with Gasteiger partial charge in [0.25, 0.3) is 0 Å². The zero-order valence-electron chi connectivity index (χ0n) is 11.7. The van der Waals surface area contributed by atoms with Crippen LogP contribution in [0.2, 0.25) is 0 Å². The summed E-state index contributed by atoms with van der Waals surface area (Å²) in [6, 6.07) is 3.46. The Kier molecular flexibility index (Phi) is 7.91. The van der Waals surface area contributed by atoms with Crippen LogP contribution in [0.15, 0.2) is 22.6 Å². The number of aliphatic hydroxyl groups is 1. The number of furan rings is 1. The Bertz CT molecular complexity index is 390. The summed E-state index contributed by atoms with van der Waals surface area (Å²) in [6.07, 6.45) is 11.0. The number of ketones is 1. The standard InChI is InChI=1S/C16H24O3/c1-2-3-4-5-6-7-8-14(18)9-10-15-11-12-16(13-17)19-15/h9-12,17H,2-8,13H2,1H3/b10-9+. The second-order valence-electron chi connectivity index (χ2n) is 4.78. The van der Waals surface area contributed by atoms with E-state index in [4.69, 9.17) is 9.52 Å². The van der Waals surface area contributed by atoms with E-state index in [9.17, 15) is 4.79 Å². The Morgan fingerprint density at radius 3 is 2.63 bits per heavy atom. The third-order valence-electron chi connectivity index (χ3n) is 3.05. The minimum absolute atomic E-state index is 0.112. The van der Waals surface area contributed by atoms with Crippen LogP contribution in [0.4, 0.5) is 0 Å². The first kappa shape index (κ1) is 15.7. The summed E-state index contributed by atoms with van der Waals surface area (Å²) >= 11 is 0. The first-order valence-corrected chi connectivity index (χ1v) is 7.16. The number of hydrogen-bond acceptors (Lipinski definition) is 3. The maximum absolute atomic E-state index is 11.6. The first-order valence-electron chi connectivity index (χ1n) is 7.16. The second-order valence-corrected chi connectivity index (χ2v) is 4.78. The molecule has 1 heterocycles. The highest BCUT2D eigenvalue weighted by molar-refractivity contribution is 5.93. The Morgan fingerprint density at radius 1 is 1.21 bits per heavy atom. The lowest BCUT2D eigenvalue weighted by Gasteiger charge is -1.98. The van der Waals surface area contributed by atoms with Crippen molar-refractivity contribution < 1.29 is 14.3 Å². The van der Waals surface area contributed by atoms with Crippen LogP contribution in [-0.4, -0.2) is 10.9 Å². The van der Waals surface area contributed by atoms with E-state index >= 15 is 0 Å². The van der Waals surface area contributed by atoms with E-state index < -0.39 is 0 Å². The van der Waals surface area contributed by atoms with Crippen molar-refractivity contribution in [1.82, 2.24) is 0 Å². The number of rotatable bonds is 10. The molecule has 1 N–H and O–H groups in total. The molecule has 0 aromatic carbocycles. The molecule has 1 aromatic heterocycles. The normalized spacial score (nSPS) is 11.3. The molecule has 0 fully saturated rings. The largest absolute Gasteiger partial charge is 0.459 e. The van der Waals surface area contributed by atoms with Gasteiger partial charge in [0, 0.05) is 6.42 Å². The van der Waals surface area contributed by atoms with Crippen molar-refractivity contribution >= 4 is 11.9 Å². The minimum atomic E-state index is -0.112. The number of unbranched alkanes of at least 4 members (excludes halogenated alkanes) is 5. The fraction of sp³-hybridized carbons (Fsp3) is 0.562. The molecule has 1 rings (SSSR count). The van der Waals surface area contributed by atoms with Crippen LogP contribution < -0.4 is 0 Å². The van der Waals surface area contributed by atoms with Gasteiger partial charge in [-0.3, -0.25) is 4.79 Å². The molecule has 0 bridgehead atoms. The zero-order chi connectivity index (χ0) is 13.9. The van der Waals surface area contributed by atoms with Crippen LogP contribution in [0.5, 0.6) is 0 Å².